The fourth-order valence-electron chi connectivity index (χ4n) is 22.1. The molecule has 150 heavy (non-hydrogen) atoms. The van der Waals surface area contributed by atoms with Crippen molar-refractivity contribution in [3.05, 3.63) is 582 Å². The fourth-order valence-corrected chi connectivity index (χ4v) is 22.1. The van der Waals surface area contributed by atoms with E-state index in [1.165, 1.54) is 169 Å². The summed E-state index contributed by atoms with van der Waals surface area (Å²) in [5.41, 5.74) is 34.4. The number of hydrogen-bond acceptors (Lipinski definition) is 4. The molecule has 28 rings (SSSR count). The molecule has 0 N–H and O–H groups in total. The van der Waals surface area contributed by atoms with Crippen LogP contribution in [0, 0.1) is 0 Å². The minimum atomic E-state index is 0.702. The van der Waals surface area contributed by atoms with Crippen LogP contribution in [-0.4, -0.2) is 19.9 Å². The molecule has 4 nitrogen and oxygen atoms in total. The van der Waals surface area contributed by atoms with Gasteiger partial charge in [0.15, 0.2) is 5.82 Å². The Morgan fingerprint density at radius 3 is 0.520 bits per heavy atom. The highest BCUT2D eigenvalue weighted by Crippen LogP contribution is 2.50. The van der Waals surface area contributed by atoms with Crippen molar-refractivity contribution in [3.63, 3.8) is 0 Å². The third-order valence-corrected chi connectivity index (χ3v) is 29.3. The van der Waals surface area contributed by atoms with Gasteiger partial charge >= 0.3 is 0 Å². The fraction of sp³-hybridized carbons (Fsp3) is 0. The summed E-state index contributed by atoms with van der Waals surface area (Å²) in [6.45, 7) is 0. The van der Waals surface area contributed by atoms with Crippen LogP contribution >= 0.6 is 0 Å². The number of nitrogens with zero attached hydrogens (tertiary/aromatic N) is 4. The summed E-state index contributed by atoms with van der Waals surface area (Å²) in [4.78, 5) is 21.4. The van der Waals surface area contributed by atoms with Gasteiger partial charge < -0.3 is 0 Å². The Labute approximate surface area is 871 Å². The molecule has 0 amide bonds. The number of rotatable bonds is 16. The van der Waals surface area contributed by atoms with Gasteiger partial charge in [-0.15, -0.1) is 0 Å². The van der Waals surface area contributed by atoms with Crippen molar-refractivity contribution in [1.29, 1.82) is 0 Å². The lowest BCUT2D eigenvalue weighted by Crippen LogP contribution is -1.97. The van der Waals surface area contributed by atoms with Gasteiger partial charge in [-0.25, -0.2) is 19.9 Å². The van der Waals surface area contributed by atoms with Crippen LogP contribution < -0.4 is 0 Å². The molecule has 0 atom stereocenters. The lowest BCUT2D eigenvalue weighted by Gasteiger charge is -2.18. The highest BCUT2D eigenvalue weighted by Gasteiger charge is 2.25. The van der Waals surface area contributed by atoms with Crippen LogP contribution in [0.2, 0.25) is 0 Å². The maximum Gasteiger partial charge on any atom is 0.160 e. The van der Waals surface area contributed by atoms with E-state index in [1.54, 1.807) is 0 Å². The first-order chi connectivity index (χ1) is 74.4. The molecule has 0 radical (unpaired) electrons. The average Bonchev–Trinajstić information content (AvgIpc) is 0.727. The van der Waals surface area contributed by atoms with Crippen molar-refractivity contribution >= 4 is 97.0 Å². The highest BCUT2D eigenvalue weighted by molar-refractivity contribution is 6.32. The monoisotopic (exact) mass is 1900 g/mol. The van der Waals surface area contributed by atoms with Crippen molar-refractivity contribution < 1.29 is 0 Å². The van der Waals surface area contributed by atoms with E-state index in [4.69, 9.17) is 19.9 Å². The van der Waals surface area contributed by atoms with E-state index in [0.29, 0.717) is 5.82 Å². The predicted octanol–water partition coefficient (Wildman–Crippen LogP) is 39.7. The summed E-state index contributed by atoms with van der Waals surface area (Å²) in [5.74, 6) is 0.702. The van der Waals surface area contributed by atoms with Crippen LogP contribution in [0.1, 0.15) is 0 Å². The highest BCUT2D eigenvalue weighted by atomic mass is 14.9. The quantitative estimate of drug-likeness (QED) is 0.0905. The van der Waals surface area contributed by atoms with Gasteiger partial charge in [0, 0.05) is 38.9 Å². The molecule has 3 aromatic heterocycles. The topological polar surface area (TPSA) is 51.6 Å². The van der Waals surface area contributed by atoms with Crippen molar-refractivity contribution in [2.45, 2.75) is 0 Å². The number of aromatic nitrogens is 4. The third kappa shape index (κ3) is 17.7. The van der Waals surface area contributed by atoms with Crippen LogP contribution in [0.25, 0.3) is 276 Å². The standard InChI is InChI=1S/C53H35N.C52H34N2.C41H27N/c1-4-14-36(15-5-1)38-24-26-39(27-25-38)40-28-30-41(31-29-40)43-32-49-47-22-11-10-20-45(47)46-21-12-13-23-48(46)53(49)50(33-43)52-35-44(37-16-6-2-7-17-37)34-51(54-52)42-18-8-3-9-19-42;1-5-17-35(18-6-1)39-29-40(36-19-7-2-8-20-36)31-41(30-39)42-32-47-45-27-14-13-25-43(45)44-26-15-16-28-46(44)51(47)48(33-42)50-34-49(37-21-9-3-10-22-37)53-52(54-50)38-23-11-4-12-24-38;1-4-14-28(15-5-1)31-24-37-35-22-11-10-20-33(35)34-21-12-13-23-36(34)41(37)38(25-31)40-27-32(29-16-6-2-7-17-29)26-39(42-40)30-18-8-3-9-19-30/h1-35H;1-34H;1-27H. The second kappa shape index (κ2) is 40.1. The summed E-state index contributed by atoms with van der Waals surface area (Å²) in [6, 6.07) is 209. The number of fused-ring (bicyclic) bond motifs is 18. The minimum absolute atomic E-state index is 0.702. The first kappa shape index (κ1) is 90.2. The first-order valence-corrected chi connectivity index (χ1v) is 51.3. The molecule has 28 aromatic rings. The Morgan fingerprint density at radius 1 is 0.0867 bits per heavy atom. The summed E-state index contributed by atoms with van der Waals surface area (Å²) in [7, 11) is 0. The van der Waals surface area contributed by atoms with Crippen LogP contribution in [0.4, 0.5) is 0 Å². The maximum atomic E-state index is 5.45. The van der Waals surface area contributed by atoms with E-state index in [2.05, 4.69) is 558 Å². The number of pyridine rings is 2. The number of hydrogen-bond donors (Lipinski definition) is 0. The Balaban J connectivity index is 0.000000114. The zero-order chi connectivity index (χ0) is 99.6. The predicted molar refractivity (Wildman–Crippen MR) is 635 cm³/mol. The molecule has 25 aromatic carbocycles. The molecule has 0 fully saturated rings. The van der Waals surface area contributed by atoms with Gasteiger partial charge in [-0.1, -0.05) is 497 Å². The van der Waals surface area contributed by atoms with Gasteiger partial charge in [-0.05, 0) is 282 Å². The normalized spacial score (nSPS) is 11.3. The Bertz CT molecular complexity index is 9680. The molecule has 4 heteroatoms. The third-order valence-electron chi connectivity index (χ3n) is 29.3. The molecular weight excluding hydrogens is 1810 g/mol. The van der Waals surface area contributed by atoms with E-state index in [1.807, 2.05) is 24.3 Å². The van der Waals surface area contributed by atoms with Gasteiger partial charge in [-0.3, -0.25) is 0 Å². The molecular formula is C146H96N4. The minimum Gasteiger partial charge on any atom is -0.248 e. The second-order valence-corrected chi connectivity index (χ2v) is 38.4. The lowest BCUT2D eigenvalue weighted by atomic mass is 9.86. The van der Waals surface area contributed by atoms with Crippen LogP contribution in [-0.2, 0) is 0 Å². The molecule has 0 spiro atoms. The van der Waals surface area contributed by atoms with E-state index < -0.39 is 0 Å². The Hall–Kier alpha value is -19.8. The number of benzene rings is 25. The van der Waals surface area contributed by atoms with Crippen molar-refractivity contribution in [1.82, 2.24) is 19.9 Å². The van der Waals surface area contributed by atoms with Gasteiger partial charge in [0.2, 0.25) is 0 Å². The van der Waals surface area contributed by atoms with E-state index >= 15 is 0 Å². The van der Waals surface area contributed by atoms with Crippen LogP contribution in [0.15, 0.2) is 582 Å². The molecule has 0 saturated heterocycles. The van der Waals surface area contributed by atoms with Crippen molar-refractivity contribution in [3.8, 4) is 179 Å². The van der Waals surface area contributed by atoms with Gasteiger partial charge in [0.25, 0.3) is 0 Å². The molecule has 0 saturated carbocycles. The van der Waals surface area contributed by atoms with Gasteiger partial charge in [0.1, 0.15) is 0 Å². The van der Waals surface area contributed by atoms with E-state index in [9.17, 15) is 0 Å². The summed E-state index contributed by atoms with van der Waals surface area (Å²) in [5, 5.41) is 22.2. The molecule has 0 bridgehead atoms. The van der Waals surface area contributed by atoms with Gasteiger partial charge in [-0.2, -0.15) is 0 Å². The molecule has 700 valence electrons. The van der Waals surface area contributed by atoms with Crippen LogP contribution in [0.5, 0.6) is 0 Å². The summed E-state index contributed by atoms with van der Waals surface area (Å²) in [6.07, 6.45) is 0. The summed E-state index contributed by atoms with van der Waals surface area (Å²) >= 11 is 0. The molecule has 0 unspecified atom stereocenters. The zero-order valence-electron chi connectivity index (χ0n) is 82.2. The lowest BCUT2D eigenvalue weighted by molar-refractivity contribution is 1.19. The molecule has 0 aliphatic carbocycles. The molecule has 0 aliphatic heterocycles. The molecule has 0 aliphatic rings. The van der Waals surface area contributed by atoms with Gasteiger partial charge in [0.05, 0.1) is 34.2 Å². The Kier molecular flexibility index (Phi) is 24.1. The van der Waals surface area contributed by atoms with E-state index in [0.717, 1.165) is 101 Å². The van der Waals surface area contributed by atoms with Crippen LogP contribution in [0.3, 0.4) is 0 Å². The van der Waals surface area contributed by atoms with Crippen molar-refractivity contribution in [2.24, 2.45) is 0 Å². The average molecular weight is 1910 g/mol. The smallest absolute Gasteiger partial charge is 0.160 e. The zero-order valence-corrected chi connectivity index (χ0v) is 82.2. The largest absolute Gasteiger partial charge is 0.248 e. The van der Waals surface area contributed by atoms with Crippen molar-refractivity contribution in [2.75, 3.05) is 0 Å². The SMILES string of the molecule is c1ccc(-c2cc(-c3ccccc3)cc(-c3cc(-c4cc(-c5ccccc5)nc(-c5ccccc5)n4)c4c5ccccc5c5ccccc5c4c3)c2)cc1.c1ccc(-c2cc(-c3ccccc3)nc(-c3cc(-c4ccccc4)cc4c5ccccc5c5ccccc5c34)c2)cc1.c1ccc(-c2ccc(-c3ccc(-c4cc(-c5cc(-c6ccccc6)cc(-c6ccccc6)n5)c5c6ccccc6c6ccccc6c5c4)cc3)cc2)cc1. The second-order valence-electron chi connectivity index (χ2n) is 38.4. The first-order valence-electron chi connectivity index (χ1n) is 51.3. The summed E-state index contributed by atoms with van der Waals surface area (Å²) < 4.78 is 0. The Morgan fingerprint density at radius 2 is 0.247 bits per heavy atom. The van der Waals surface area contributed by atoms with E-state index in [-0.39, 0.29) is 0 Å². The maximum absolute atomic E-state index is 5.45. The molecule has 3 heterocycles.